The van der Waals surface area contributed by atoms with E-state index in [0.717, 1.165) is 5.56 Å². The minimum Gasteiger partial charge on any atom is -0.337 e. The van der Waals surface area contributed by atoms with Crippen LogP contribution in [0.4, 0.5) is 0 Å². The maximum Gasteiger partial charge on any atom is 0.240 e. The van der Waals surface area contributed by atoms with Crippen LogP contribution in [0.2, 0.25) is 0 Å². The molecule has 128 valence electrons. The highest BCUT2D eigenvalue weighted by Crippen LogP contribution is 2.13. The molecule has 0 aliphatic heterocycles. The molecule has 0 spiro atoms. The molecule has 0 fully saturated rings. The summed E-state index contributed by atoms with van der Waals surface area (Å²) in [7, 11) is -3.59. The molecule has 6 nitrogen and oxygen atoms in total. The van der Waals surface area contributed by atoms with Crippen molar-refractivity contribution in [2.24, 2.45) is 0 Å². The highest BCUT2D eigenvalue weighted by atomic mass is 32.2. The van der Waals surface area contributed by atoms with Crippen molar-refractivity contribution in [2.45, 2.75) is 25.3 Å². The number of carbonyl (C=O) groups excluding carboxylic acids is 1. The van der Waals surface area contributed by atoms with Crippen LogP contribution >= 0.6 is 0 Å². The van der Waals surface area contributed by atoms with E-state index in [1.54, 1.807) is 54.5 Å². The minimum atomic E-state index is -3.59. The van der Waals surface area contributed by atoms with E-state index in [-0.39, 0.29) is 23.9 Å². The van der Waals surface area contributed by atoms with Crippen LogP contribution in [0.25, 0.3) is 0 Å². The van der Waals surface area contributed by atoms with Crippen LogP contribution in [-0.4, -0.2) is 37.3 Å². The van der Waals surface area contributed by atoms with Gasteiger partial charge < -0.3 is 4.90 Å². The number of hydrogen-bond donors (Lipinski definition) is 1. The van der Waals surface area contributed by atoms with Gasteiger partial charge >= 0.3 is 0 Å². The van der Waals surface area contributed by atoms with Gasteiger partial charge in [0.2, 0.25) is 15.9 Å². The van der Waals surface area contributed by atoms with Crippen molar-refractivity contribution in [2.75, 3.05) is 13.1 Å². The fraction of sp³-hybridized carbons (Fsp3) is 0.294. The SMILES string of the molecule is CC(=O)N(CCNS(=O)(=O)c1ccccc1C)Cc1cccnc1. The predicted molar refractivity (Wildman–Crippen MR) is 91.7 cm³/mol. The van der Waals surface area contributed by atoms with E-state index in [2.05, 4.69) is 9.71 Å². The van der Waals surface area contributed by atoms with E-state index in [0.29, 0.717) is 12.1 Å². The summed E-state index contributed by atoms with van der Waals surface area (Å²) < 4.78 is 27.2. The number of hydrogen-bond acceptors (Lipinski definition) is 4. The summed E-state index contributed by atoms with van der Waals surface area (Å²) in [6, 6.07) is 10.5. The molecule has 1 heterocycles. The Balaban J connectivity index is 1.98. The third-order valence-corrected chi connectivity index (χ3v) is 5.22. The van der Waals surface area contributed by atoms with Gasteiger partial charge in [0.1, 0.15) is 0 Å². The summed E-state index contributed by atoms with van der Waals surface area (Å²) in [4.78, 5) is 17.6. The molecular formula is C17H21N3O3S. The van der Waals surface area contributed by atoms with Crippen LogP contribution in [0, 0.1) is 6.92 Å². The van der Waals surface area contributed by atoms with E-state index in [1.165, 1.54) is 6.92 Å². The Labute approximate surface area is 142 Å². The Hall–Kier alpha value is -2.25. The summed E-state index contributed by atoms with van der Waals surface area (Å²) in [6.45, 7) is 4.05. The lowest BCUT2D eigenvalue weighted by Gasteiger charge is -2.21. The predicted octanol–water partition coefficient (Wildman–Crippen LogP) is 1.72. The fourth-order valence-corrected chi connectivity index (χ4v) is 3.58. The second-order valence-electron chi connectivity index (χ2n) is 5.47. The smallest absolute Gasteiger partial charge is 0.240 e. The van der Waals surface area contributed by atoms with Crippen LogP contribution in [0.1, 0.15) is 18.1 Å². The summed E-state index contributed by atoms with van der Waals surface area (Å²) in [5, 5.41) is 0. The molecule has 2 aromatic rings. The maximum atomic E-state index is 12.3. The number of aryl methyl sites for hydroxylation is 1. The lowest BCUT2D eigenvalue weighted by Crippen LogP contribution is -2.37. The monoisotopic (exact) mass is 347 g/mol. The lowest BCUT2D eigenvalue weighted by molar-refractivity contribution is -0.129. The summed E-state index contributed by atoms with van der Waals surface area (Å²) >= 11 is 0. The van der Waals surface area contributed by atoms with Crippen molar-refractivity contribution in [3.05, 3.63) is 59.9 Å². The summed E-state index contributed by atoms with van der Waals surface area (Å²) in [5.41, 5.74) is 1.58. The molecule has 0 bridgehead atoms. The first kappa shape index (κ1) is 18.1. The van der Waals surface area contributed by atoms with Crippen LogP contribution in [0.15, 0.2) is 53.7 Å². The number of carbonyl (C=O) groups is 1. The Morgan fingerprint density at radius 2 is 1.96 bits per heavy atom. The topological polar surface area (TPSA) is 79.4 Å². The first-order valence-electron chi connectivity index (χ1n) is 7.60. The summed E-state index contributed by atoms with van der Waals surface area (Å²) in [6.07, 6.45) is 3.35. The van der Waals surface area contributed by atoms with Crippen LogP contribution in [-0.2, 0) is 21.4 Å². The molecule has 24 heavy (non-hydrogen) atoms. The van der Waals surface area contributed by atoms with Gasteiger partial charge in [-0.1, -0.05) is 24.3 Å². The van der Waals surface area contributed by atoms with Crippen molar-refractivity contribution in [1.82, 2.24) is 14.6 Å². The zero-order chi connectivity index (χ0) is 17.6. The maximum absolute atomic E-state index is 12.3. The number of sulfonamides is 1. The molecule has 2 rings (SSSR count). The molecule has 0 saturated heterocycles. The zero-order valence-corrected chi connectivity index (χ0v) is 14.6. The molecule has 0 saturated carbocycles. The van der Waals surface area contributed by atoms with Gasteiger partial charge in [0.05, 0.1) is 4.90 Å². The largest absolute Gasteiger partial charge is 0.337 e. The quantitative estimate of drug-likeness (QED) is 0.827. The number of nitrogens with zero attached hydrogens (tertiary/aromatic N) is 2. The van der Waals surface area contributed by atoms with Crippen molar-refractivity contribution in [3.8, 4) is 0 Å². The Morgan fingerprint density at radius 3 is 2.58 bits per heavy atom. The molecule has 1 aromatic carbocycles. The van der Waals surface area contributed by atoms with Gasteiger partial charge in [0, 0.05) is 39.0 Å². The van der Waals surface area contributed by atoms with E-state index in [9.17, 15) is 13.2 Å². The van der Waals surface area contributed by atoms with Gasteiger partial charge in [-0.25, -0.2) is 13.1 Å². The van der Waals surface area contributed by atoms with Gasteiger partial charge in [-0.05, 0) is 30.2 Å². The fourth-order valence-electron chi connectivity index (χ4n) is 2.31. The Morgan fingerprint density at radius 1 is 1.21 bits per heavy atom. The number of nitrogens with one attached hydrogen (secondary N) is 1. The van der Waals surface area contributed by atoms with E-state index in [1.807, 2.05) is 6.07 Å². The molecular weight excluding hydrogens is 326 g/mol. The Kier molecular flexibility index (Phi) is 6.05. The van der Waals surface area contributed by atoms with E-state index in [4.69, 9.17) is 0 Å². The second-order valence-corrected chi connectivity index (χ2v) is 7.20. The number of benzene rings is 1. The van der Waals surface area contributed by atoms with Gasteiger partial charge in [0.15, 0.2) is 0 Å². The lowest BCUT2D eigenvalue weighted by atomic mass is 10.2. The van der Waals surface area contributed by atoms with Gasteiger partial charge in [-0.15, -0.1) is 0 Å². The van der Waals surface area contributed by atoms with Gasteiger partial charge in [-0.3, -0.25) is 9.78 Å². The van der Waals surface area contributed by atoms with Gasteiger partial charge in [0.25, 0.3) is 0 Å². The first-order valence-corrected chi connectivity index (χ1v) is 9.08. The minimum absolute atomic E-state index is 0.117. The third kappa shape index (κ3) is 4.87. The second kappa shape index (κ2) is 8.03. The molecule has 7 heteroatoms. The van der Waals surface area contributed by atoms with E-state index >= 15 is 0 Å². The molecule has 0 unspecified atom stereocenters. The average molecular weight is 347 g/mol. The third-order valence-electron chi connectivity index (χ3n) is 3.60. The number of pyridine rings is 1. The molecule has 1 N–H and O–H groups in total. The molecule has 0 aliphatic rings. The van der Waals surface area contributed by atoms with Gasteiger partial charge in [-0.2, -0.15) is 0 Å². The summed E-state index contributed by atoms with van der Waals surface area (Å²) in [5.74, 6) is -0.117. The number of rotatable bonds is 7. The molecule has 0 aliphatic carbocycles. The molecule has 1 amide bonds. The van der Waals surface area contributed by atoms with Crippen molar-refractivity contribution in [1.29, 1.82) is 0 Å². The molecule has 0 atom stereocenters. The van der Waals surface area contributed by atoms with Crippen LogP contribution in [0.3, 0.4) is 0 Å². The molecule has 1 aromatic heterocycles. The van der Waals surface area contributed by atoms with E-state index < -0.39 is 10.0 Å². The highest BCUT2D eigenvalue weighted by Gasteiger charge is 2.17. The van der Waals surface area contributed by atoms with Crippen LogP contribution in [0.5, 0.6) is 0 Å². The zero-order valence-electron chi connectivity index (χ0n) is 13.8. The standard InChI is InChI=1S/C17H21N3O3S/c1-14-6-3-4-8-17(14)24(22,23)19-10-11-20(15(2)21)13-16-7-5-9-18-12-16/h3-9,12,19H,10-11,13H2,1-2H3. The van der Waals surface area contributed by atoms with Crippen molar-refractivity contribution in [3.63, 3.8) is 0 Å². The number of amides is 1. The number of aromatic nitrogens is 1. The average Bonchev–Trinajstić information content (AvgIpc) is 2.55. The highest BCUT2D eigenvalue weighted by molar-refractivity contribution is 7.89. The van der Waals surface area contributed by atoms with Crippen LogP contribution < -0.4 is 4.72 Å². The van der Waals surface area contributed by atoms with Crippen molar-refractivity contribution < 1.29 is 13.2 Å². The van der Waals surface area contributed by atoms with Crippen molar-refractivity contribution >= 4 is 15.9 Å². The first-order chi connectivity index (χ1) is 11.4. The Bertz CT molecular complexity index is 792. The normalized spacial score (nSPS) is 11.2. The molecule has 0 radical (unpaired) electrons.